The van der Waals surface area contributed by atoms with Gasteiger partial charge < -0.3 is 14.8 Å². The Morgan fingerprint density at radius 2 is 1.87 bits per heavy atom. The summed E-state index contributed by atoms with van der Waals surface area (Å²) >= 11 is 1.59. The van der Waals surface area contributed by atoms with Gasteiger partial charge in [-0.2, -0.15) is 0 Å². The fourth-order valence-corrected chi connectivity index (χ4v) is 3.31. The fourth-order valence-electron chi connectivity index (χ4n) is 2.71. The number of nitrogens with one attached hydrogen (secondary N) is 1. The average Bonchev–Trinajstić information content (AvgIpc) is 3.20. The summed E-state index contributed by atoms with van der Waals surface area (Å²) in [5.74, 6) is -0.203. The molecule has 0 aliphatic rings. The largest absolute Gasteiger partial charge is 0.487 e. The van der Waals surface area contributed by atoms with Crippen molar-refractivity contribution in [1.82, 2.24) is 10.3 Å². The normalized spacial score (nSPS) is 11.8. The first kappa shape index (κ1) is 21.3. The number of methoxy groups -OCH3 is 1. The lowest BCUT2D eigenvalue weighted by molar-refractivity contribution is -0.144. The maximum absolute atomic E-state index is 12.3. The minimum atomic E-state index is -0.863. The smallest absolute Gasteiger partial charge is 0.333 e. The highest BCUT2D eigenvalue weighted by atomic mass is 32.1. The van der Waals surface area contributed by atoms with E-state index >= 15 is 0 Å². The highest BCUT2D eigenvalue weighted by molar-refractivity contribution is 7.09. The number of ether oxygens (including phenoxy) is 2. The highest BCUT2D eigenvalue weighted by Crippen LogP contribution is 2.17. The Morgan fingerprint density at radius 3 is 2.50 bits per heavy atom. The zero-order valence-corrected chi connectivity index (χ0v) is 17.5. The summed E-state index contributed by atoms with van der Waals surface area (Å²) in [6.07, 6.45) is 3.05. The SMILES string of the molecule is COC(=O)C(NC(=O)C=Cc1ccc(OCc2csc(C)n2)cc1)c1ccccc1. The van der Waals surface area contributed by atoms with Crippen molar-refractivity contribution in [1.29, 1.82) is 0 Å². The van der Waals surface area contributed by atoms with Crippen LogP contribution in [-0.2, 0) is 20.9 Å². The lowest BCUT2D eigenvalue weighted by Gasteiger charge is -2.15. The number of benzene rings is 2. The first-order valence-corrected chi connectivity index (χ1v) is 10.2. The number of amides is 1. The molecular formula is C23H22N2O4S. The van der Waals surface area contributed by atoms with E-state index in [1.54, 1.807) is 41.7 Å². The Morgan fingerprint density at radius 1 is 1.13 bits per heavy atom. The molecule has 1 atom stereocenters. The number of aryl methyl sites for hydroxylation is 1. The molecule has 0 saturated carbocycles. The van der Waals surface area contributed by atoms with E-state index in [1.807, 2.05) is 42.6 Å². The zero-order valence-electron chi connectivity index (χ0n) is 16.7. The van der Waals surface area contributed by atoms with Crippen LogP contribution in [0.5, 0.6) is 5.75 Å². The van der Waals surface area contributed by atoms with E-state index in [0.717, 1.165) is 22.0 Å². The molecule has 1 N–H and O–H groups in total. The third kappa shape index (κ3) is 6.02. The minimum Gasteiger partial charge on any atom is -0.487 e. The average molecular weight is 423 g/mol. The van der Waals surface area contributed by atoms with Crippen molar-refractivity contribution in [3.05, 3.63) is 87.9 Å². The second-order valence-corrected chi connectivity index (χ2v) is 7.49. The van der Waals surface area contributed by atoms with Gasteiger partial charge in [0.2, 0.25) is 5.91 Å². The quantitative estimate of drug-likeness (QED) is 0.437. The van der Waals surface area contributed by atoms with Crippen LogP contribution in [0.4, 0.5) is 0 Å². The van der Waals surface area contributed by atoms with Crippen molar-refractivity contribution < 1.29 is 19.1 Å². The summed E-state index contributed by atoms with van der Waals surface area (Å²) in [5, 5.41) is 5.66. The second-order valence-electron chi connectivity index (χ2n) is 6.42. The minimum absolute atomic E-state index is 0.395. The number of hydrogen-bond acceptors (Lipinski definition) is 6. The van der Waals surface area contributed by atoms with E-state index in [4.69, 9.17) is 9.47 Å². The number of rotatable bonds is 8. The molecule has 7 heteroatoms. The van der Waals surface area contributed by atoms with Gasteiger partial charge in [-0.15, -0.1) is 11.3 Å². The van der Waals surface area contributed by atoms with Crippen molar-refractivity contribution in [2.75, 3.05) is 7.11 Å². The lowest BCUT2D eigenvalue weighted by atomic mass is 10.1. The Kier molecular flexibility index (Phi) is 7.34. The lowest BCUT2D eigenvalue weighted by Crippen LogP contribution is -2.33. The van der Waals surface area contributed by atoms with Gasteiger partial charge in [0.15, 0.2) is 6.04 Å². The van der Waals surface area contributed by atoms with Crippen molar-refractivity contribution in [2.45, 2.75) is 19.6 Å². The Labute approximate surface area is 179 Å². The van der Waals surface area contributed by atoms with Gasteiger partial charge in [0.25, 0.3) is 0 Å². The van der Waals surface area contributed by atoms with Crippen LogP contribution in [0, 0.1) is 6.92 Å². The van der Waals surface area contributed by atoms with Gasteiger partial charge in [0.05, 0.1) is 17.8 Å². The summed E-state index contributed by atoms with van der Waals surface area (Å²) < 4.78 is 10.5. The van der Waals surface area contributed by atoms with Crippen molar-refractivity contribution >= 4 is 29.3 Å². The zero-order chi connectivity index (χ0) is 21.3. The number of esters is 1. The van der Waals surface area contributed by atoms with Crippen LogP contribution in [0.2, 0.25) is 0 Å². The molecule has 0 fully saturated rings. The molecule has 6 nitrogen and oxygen atoms in total. The van der Waals surface area contributed by atoms with Gasteiger partial charge in [0.1, 0.15) is 12.4 Å². The van der Waals surface area contributed by atoms with Crippen LogP contribution in [0.15, 0.2) is 66.1 Å². The number of carbonyl (C=O) groups is 2. The number of nitrogens with zero attached hydrogens (tertiary/aromatic N) is 1. The molecule has 0 saturated heterocycles. The molecule has 0 aliphatic carbocycles. The van der Waals surface area contributed by atoms with E-state index in [9.17, 15) is 9.59 Å². The van der Waals surface area contributed by atoms with Gasteiger partial charge in [0, 0.05) is 11.5 Å². The molecule has 3 aromatic rings. The van der Waals surface area contributed by atoms with Crippen LogP contribution in [0.1, 0.15) is 27.9 Å². The van der Waals surface area contributed by atoms with E-state index in [-0.39, 0.29) is 0 Å². The molecule has 2 aromatic carbocycles. The van der Waals surface area contributed by atoms with Crippen molar-refractivity contribution in [3.63, 3.8) is 0 Å². The van der Waals surface area contributed by atoms with Crippen LogP contribution >= 0.6 is 11.3 Å². The molecule has 0 radical (unpaired) electrons. The standard InChI is InChI=1S/C23H22N2O4S/c1-16-24-19(15-30-16)14-29-20-11-8-17(9-12-20)10-13-21(26)25-22(23(27)28-2)18-6-4-3-5-7-18/h3-13,15,22H,14H2,1-2H3,(H,25,26). The third-order valence-electron chi connectivity index (χ3n) is 4.22. The Balaban J connectivity index is 1.57. The first-order valence-electron chi connectivity index (χ1n) is 9.30. The van der Waals surface area contributed by atoms with E-state index in [0.29, 0.717) is 12.2 Å². The molecule has 30 heavy (non-hydrogen) atoms. The van der Waals surface area contributed by atoms with E-state index < -0.39 is 17.9 Å². The number of thiazole rings is 1. The van der Waals surface area contributed by atoms with Gasteiger partial charge in [-0.3, -0.25) is 4.79 Å². The van der Waals surface area contributed by atoms with Gasteiger partial charge in [-0.05, 0) is 36.3 Å². The summed E-state index contributed by atoms with van der Waals surface area (Å²) in [7, 11) is 1.29. The van der Waals surface area contributed by atoms with Crippen LogP contribution in [-0.4, -0.2) is 24.0 Å². The predicted octanol–water partition coefficient (Wildman–Crippen LogP) is 4.07. The van der Waals surface area contributed by atoms with Crippen molar-refractivity contribution in [3.8, 4) is 5.75 Å². The summed E-state index contributed by atoms with van der Waals surface area (Å²) in [5.41, 5.74) is 2.39. The summed E-state index contributed by atoms with van der Waals surface area (Å²) in [6.45, 7) is 2.37. The third-order valence-corrected chi connectivity index (χ3v) is 5.04. The Bertz CT molecular complexity index is 1010. The first-order chi connectivity index (χ1) is 14.5. The molecule has 154 valence electrons. The molecule has 0 aliphatic heterocycles. The molecule has 3 rings (SSSR count). The summed E-state index contributed by atoms with van der Waals surface area (Å²) in [4.78, 5) is 28.7. The molecule has 0 spiro atoms. The molecule has 1 aromatic heterocycles. The van der Waals surface area contributed by atoms with Gasteiger partial charge >= 0.3 is 5.97 Å². The van der Waals surface area contributed by atoms with E-state index in [1.165, 1.54) is 13.2 Å². The van der Waals surface area contributed by atoms with Crippen LogP contribution in [0.3, 0.4) is 0 Å². The fraction of sp³-hybridized carbons (Fsp3) is 0.174. The van der Waals surface area contributed by atoms with E-state index in [2.05, 4.69) is 10.3 Å². The van der Waals surface area contributed by atoms with Crippen LogP contribution in [0.25, 0.3) is 6.08 Å². The van der Waals surface area contributed by atoms with Gasteiger partial charge in [-0.1, -0.05) is 42.5 Å². The molecule has 1 unspecified atom stereocenters. The number of hydrogen-bond donors (Lipinski definition) is 1. The monoisotopic (exact) mass is 422 g/mol. The molecular weight excluding hydrogens is 400 g/mol. The number of aromatic nitrogens is 1. The maximum atomic E-state index is 12.3. The molecule has 1 amide bonds. The number of carbonyl (C=O) groups excluding carboxylic acids is 2. The Hall–Kier alpha value is -3.45. The molecule has 0 bridgehead atoms. The van der Waals surface area contributed by atoms with Gasteiger partial charge in [-0.25, -0.2) is 9.78 Å². The second kappa shape index (κ2) is 10.4. The van der Waals surface area contributed by atoms with Crippen molar-refractivity contribution in [2.24, 2.45) is 0 Å². The molecule has 1 heterocycles. The predicted molar refractivity (Wildman–Crippen MR) is 116 cm³/mol. The topological polar surface area (TPSA) is 77.5 Å². The highest BCUT2D eigenvalue weighted by Gasteiger charge is 2.22. The van der Waals surface area contributed by atoms with Crippen LogP contribution < -0.4 is 10.1 Å². The summed E-state index contributed by atoms with van der Waals surface area (Å²) in [6, 6.07) is 15.5. The maximum Gasteiger partial charge on any atom is 0.333 e.